The number of aromatic nitrogens is 3. The lowest BCUT2D eigenvalue weighted by Gasteiger charge is -2.01. The number of Topliss-reactive ketones (excluding diaryl/α,β-unsaturated/α-hetero) is 1. The van der Waals surface area contributed by atoms with E-state index < -0.39 is 23.5 Å². The van der Waals surface area contributed by atoms with E-state index in [1.165, 1.54) is 6.07 Å². The quantitative estimate of drug-likeness (QED) is 0.624. The Bertz CT molecular complexity index is 714. The maximum atomic E-state index is 13.1. The van der Waals surface area contributed by atoms with Gasteiger partial charge in [-0.3, -0.25) is 4.79 Å². The van der Waals surface area contributed by atoms with Gasteiger partial charge in [0.2, 0.25) is 0 Å². The summed E-state index contributed by atoms with van der Waals surface area (Å²) in [5.41, 5.74) is -1.08. The van der Waals surface area contributed by atoms with Crippen LogP contribution in [0.4, 0.5) is 17.6 Å². The van der Waals surface area contributed by atoms with E-state index >= 15 is 0 Å². The van der Waals surface area contributed by atoms with Crippen LogP contribution < -0.4 is 0 Å². The fraction of sp³-hybridized carbons (Fsp3) is 0.0909. The van der Waals surface area contributed by atoms with Gasteiger partial charge in [0, 0.05) is 0 Å². The standard InChI is InChI=1S/C11H4F4N4O/c12-8-2-1-7(3-6(8)4-16)19-5-9(17-18-19)10(20)11(13,14)15/h1-3,5H. The number of hydrogen-bond acceptors (Lipinski definition) is 4. The fourth-order valence-corrected chi connectivity index (χ4v) is 1.38. The highest BCUT2D eigenvalue weighted by Gasteiger charge is 2.41. The van der Waals surface area contributed by atoms with Crippen LogP contribution in [0.1, 0.15) is 16.1 Å². The number of nitriles is 1. The van der Waals surface area contributed by atoms with Gasteiger partial charge < -0.3 is 0 Å². The number of nitrogens with zero attached hydrogens (tertiary/aromatic N) is 4. The minimum atomic E-state index is -5.05. The molecule has 1 heterocycles. The van der Waals surface area contributed by atoms with Crippen molar-refractivity contribution >= 4 is 5.78 Å². The van der Waals surface area contributed by atoms with Crippen LogP contribution in [0.3, 0.4) is 0 Å². The molecule has 9 heteroatoms. The number of carbonyl (C=O) groups is 1. The first-order valence-electron chi connectivity index (χ1n) is 5.07. The number of alkyl halides is 3. The fourth-order valence-electron chi connectivity index (χ4n) is 1.38. The molecule has 0 saturated carbocycles. The highest BCUT2D eigenvalue weighted by atomic mass is 19.4. The molecule has 20 heavy (non-hydrogen) atoms. The van der Waals surface area contributed by atoms with E-state index in [1.54, 1.807) is 6.07 Å². The van der Waals surface area contributed by atoms with E-state index in [0.29, 0.717) is 0 Å². The summed E-state index contributed by atoms with van der Waals surface area (Å²) in [5.74, 6) is -2.91. The molecular formula is C11H4F4N4O. The Kier molecular flexibility index (Phi) is 3.23. The van der Waals surface area contributed by atoms with Crippen molar-refractivity contribution in [3.63, 3.8) is 0 Å². The number of rotatable bonds is 2. The van der Waals surface area contributed by atoms with Gasteiger partial charge in [0.1, 0.15) is 11.9 Å². The first-order chi connectivity index (χ1) is 9.32. The average molecular weight is 284 g/mol. The molecule has 2 aromatic rings. The molecule has 0 saturated heterocycles. The second kappa shape index (κ2) is 4.73. The van der Waals surface area contributed by atoms with Crippen LogP contribution >= 0.6 is 0 Å². The Hall–Kier alpha value is -2.76. The lowest BCUT2D eigenvalue weighted by atomic mass is 10.2. The third kappa shape index (κ3) is 2.49. The third-order valence-corrected chi connectivity index (χ3v) is 2.32. The SMILES string of the molecule is N#Cc1cc(-n2cc(C(=O)C(F)(F)F)nn2)ccc1F. The predicted molar refractivity (Wildman–Crippen MR) is 56.4 cm³/mol. The van der Waals surface area contributed by atoms with Gasteiger partial charge in [-0.25, -0.2) is 9.07 Å². The second-order valence-corrected chi connectivity index (χ2v) is 3.65. The van der Waals surface area contributed by atoms with Gasteiger partial charge in [-0.2, -0.15) is 18.4 Å². The normalized spacial score (nSPS) is 11.2. The summed E-state index contributed by atoms with van der Waals surface area (Å²) in [4.78, 5) is 10.9. The van der Waals surface area contributed by atoms with Crippen LogP contribution in [0.5, 0.6) is 0 Å². The summed E-state index contributed by atoms with van der Waals surface area (Å²) in [6.45, 7) is 0. The Morgan fingerprint density at radius 3 is 2.65 bits per heavy atom. The van der Waals surface area contributed by atoms with Crippen molar-refractivity contribution in [2.45, 2.75) is 6.18 Å². The van der Waals surface area contributed by atoms with Crippen molar-refractivity contribution in [3.8, 4) is 11.8 Å². The molecule has 1 aromatic heterocycles. The molecular weight excluding hydrogens is 280 g/mol. The van der Waals surface area contributed by atoms with E-state index in [9.17, 15) is 22.4 Å². The Morgan fingerprint density at radius 1 is 1.35 bits per heavy atom. The summed E-state index contributed by atoms with van der Waals surface area (Å²) in [5, 5.41) is 15.1. The number of hydrogen-bond donors (Lipinski definition) is 0. The molecule has 5 nitrogen and oxygen atoms in total. The highest BCUT2D eigenvalue weighted by molar-refractivity contribution is 5.98. The highest BCUT2D eigenvalue weighted by Crippen LogP contribution is 2.21. The summed E-state index contributed by atoms with van der Waals surface area (Å²) in [6, 6.07) is 4.80. The maximum absolute atomic E-state index is 13.1. The summed E-state index contributed by atoms with van der Waals surface area (Å²) >= 11 is 0. The molecule has 1 aromatic carbocycles. The van der Waals surface area contributed by atoms with Gasteiger partial charge in [0.05, 0.1) is 17.4 Å². The maximum Gasteiger partial charge on any atom is 0.456 e. The lowest BCUT2D eigenvalue weighted by molar-refractivity contribution is -0.0888. The third-order valence-electron chi connectivity index (χ3n) is 2.32. The van der Waals surface area contributed by atoms with Gasteiger partial charge in [0.15, 0.2) is 5.69 Å². The topological polar surface area (TPSA) is 71.6 Å². The largest absolute Gasteiger partial charge is 0.456 e. The summed E-state index contributed by atoms with van der Waals surface area (Å²) in [7, 11) is 0. The van der Waals surface area contributed by atoms with E-state index in [0.717, 1.165) is 23.0 Å². The molecule has 0 unspecified atom stereocenters. The molecule has 102 valence electrons. The van der Waals surface area contributed by atoms with Crippen molar-refractivity contribution in [2.24, 2.45) is 0 Å². The van der Waals surface area contributed by atoms with Crippen molar-refractivity contribution in [2.75, 3.05) is 0 Å². The van der Waals surface area contributed by atoms with Crippen LogP contribution in [0.2, 0.25) is 0 Å². The molecule has 0 aliphatic rings. The van der Waals surface area contributed by atoms with Crippen molar-refractivity contribution in [1.82, 2.24) is 15.0 Å². The molecule has 2 rings (SSSR count). The summed E-state index contributed by atoms with van der Waals surface area (Å²) < 4.78 is 50.5. The summed E-state index contributed by atoms with van der Waals surface area (Å²) in [6.07, 6.45) is -4.30. The zero-order valence-corrected chi connectivity index (χ0v) is 9.52. The van der Waals surface area contributed by atoms with Crippen molar-refractivity contribution in [1.29, 1.82) is 5.26 Å². The molecule has 0 amide bonds. The Morgan fingerprint density at radius 2 is 2.05 bits per heavy atom. The van der Waals surface area contributed by atoms with Crippen LogP contribution in [-0.2, 0) is 0 Å². The Balaban J connectivity index is 2.39. The molecule has 0 radical (unpaired) electrons. The number of halogens is 4. The van der Waals surface area contributed by atoms with Crippen LogP contribution in [-0.4, -0.2) is 27.0 Å². The van der Waals surface area contributed by atoms with Gasteiger partial charge >= 0.3 is 6.18 Å². The van der Waals surface area contributed by atoms with Gasteiger partial charge in [-0.1, -0.05) is 5.21 Å². The molecule has 0 atom stereocenters. The van der Waals surface area contributed by atoms with Crippen molar-refractivity contribution < 1.29 is 22.4 Å². The average Bonchev–Trinajstić information content (AvgIpc) is 2.86. The monoisotopic (exact) mass is 284 g/mol. The van der Waals surface area contributed by atoms with E-state index in [1.807, 2.05) is 0 Å². The molecule has 0 fully saturated rings. The van der Waals surface area contributed by atoms with E-state index in [4.69, 9.17) is 5.26 Å². The van der Waals surface area contributed by atoms with E-state index in [2.05, 4.69) is 10.3 Å². The van der Waals surface area contributed by atoms with Gasteiger partial charge in [0.25, 0.3) is 5.78 Å². The minimum absolute atomic E-state index is 0.108. The van der Waals surface area contributed by atoms with Crippen molar-refractivity contribution in [3.05, 3.63) is 41.5 Å². The number of ketones is 1. The zero-order valence-electron chi connectivity index (χ0n) is 9.52. The van der Waals surface area contributed by atoms with Crippen LogP contribution in [0.15, 0.2) is 24.4 Å². The molecule has 0 bridgehead atoms. The number of benzene rings is 1. The number of carbonyl (C=O) groups excluding carboxylic acids is 1. The smallest absolute Gasteiger partial charge is 0.282 e. The first-order valence-corrected chi connectivity index (χ1v) is 5.07. The molecule has 0 N–H and O–H groups in total. The Labute approximate surface area is 109 Å². The van der Waals surface area contributed by atoms with Crippen LogP contribution in [0.25, 0.3) is 5.69 Å². The lowest BCUT2D eigenvalue weighted by Crippen LogP contribution is -2.23. The van der Waals surface area contributed by atoms with E-state index in [-0.39, 0.29) is 11.3 Å². The van der Waals surface area contributed by atoms with Gasteiger partial charge in [-0.15, -0.1) is 5.10 Å². The van der Waals surface area contributed by atoms with Gasteiger partial charge in [-0.05, 0) is 18.2 Å². The first kappa shape index (κ1) is 13.7. The zero-order chi connectivity index (χ0) is 14.9. The second-order valence-electron chi connectivity index (χ2n) is 3.65. The molecule has 0 aliphatic heterocycles. The molecule has 0 spiro atoms. The minimum Gasteiger partial charge on any atom is -0.282 e. The predicted octanol–water partition coefficient (Wildman–Crippen LogP) is 2.02. The molecule has 0 aliphatic carbocycles. The van der Waals surface area contributed by atoms with Crippen LogP contribution in [0, 0.1) is 17.1 Å².